The first kappa shape index (κ1) is 15.4. The molecule has 6 heteroatoms. The lowest BCUT2D eigenvalue weighted by atomic mass is 9.87. The highest BCUT2D eigenvalue weighted by molar-refractivity contribution is 9.12. The Balaban J connectivity index is 2.35. The largest absolute Gasteiger partial charge is 0.457 e. The van der Waals surface area contributed by atoms with Gasteiger partial charge in [0.1, 0.15) is 6.10 Å². The maximum atomic E-state index is 12.2. The molecule has 1 heterocycles. The van der Waals surface area contributed by atoms with E-state index in [0.717, 1.165) is 0 Å². The van der Waals surface area contributed by atoms with Crippen LogP contribution >= 0.6 is 15.9 Å². The van der Waals surface area contributed by atoms with Crippen LogP contribution < -0.4 is 0 Å². The average molecular weight is 345 g/mol. The van der Waals surface area contributed by atoms with E-state index in [-0.39, 0.29) is 23.6 Å². The number of esters is 1. The lowest BCUT2D eigenvalue weighted by Crippen LogP contribution is -2.42. The van der Waals surface area contributed by atoms with Crippen LogP contribution in [0.2, 0.25) is 0 Å². The van der Waals surface area contributed by atoms with Gasteiger partial charge in [-0.3, -0.25) is 9.59 Å². The number of rotatable bonds is 3. The Labute approximate surface area is 126 Å². The average Bonchev–Trinajstić information content (AvgIpc) is 2.68. The smallest absolute Gasteiger partial charge is 0.309 e. The van der Waals surface area contributed by atoms with E-state index in [9.17, 15) is 9.59 Å². The highest BCUT2D eigenvalue weighted by Crippen LogP contribution is 2.40. The van der Waals surface area contributed by atoms with E-state index in [2.05, 4.69) is 15.9 Å². The van der Waals surface area contributed by atoms with Crippen LogP contribution in [-0.4, -0.2) is 37.9 Å². The second-order valence-corrected chi connectivity index (χ2v) is 5.89. The molecule has 3 atom stereocenters. The number of cyclic esters (lactones) is 1. The van der Waals surface area contributed by atoms with Gasteiger partial charge in [0.2, 0.25) is 5.78 Å². The van der Waals surface area contributed by atoms with Gasteiger partial charge in [0.15, 0.2) is 0 Å². The minimum atomic E-state index is -1.42. The van der Waals surface area contributed by atoms with Gasteiger partial charge in [-0.25, -0.2) is 0 Å². The lowest BCUT2D eigenvalue weighted by Gasteiger charge is -2.30. The van der Waals surface area contributed by atoms with E-state index in [4.69, 9.17) is 14.2 Å². The van der Waals surface area contributed by atoms with Gasteiger partial charge >= 0.3 is 5.97 Å². The summed E-state index contributed by atoms with van der Waals surface area (Å²) >= 11 is 3.41. The van der Waals surface area contributed by atoms with Crippen molar-refractivity contribution in [3.05, 3.63) is 22.2 Å². The van der Waals surface area contributed by atoms with Gasteiger partial charge in [-0.15, -0.1) is 0 Å². The van der Waals surface area contributed by atoms with Gasteiger partial charge < -0.3 is 14.2 Å². The molecule has 0 aromatic rings. The van der Waals surface area contributed by atoms with Crippen molar-refractivity contribution in [2.45, 2.75) is 25.7 Å². The van der Waals surface area contributed by atoms with Gasteiger partial charge in [-0.05, 0) is 12.2 Å². The molecule has 0 saturated carbocycles. The fourth-order valence-electron chi connectivity index (χ4n) is 2.42. The number of ether oxygens (including phenoxy) is 3. The van der Waals surface area contributed by atoms with Crippen molar-refractivity contribution in [3.63, 3.8) is 0 Å². The molecule has 0 aromatic heterocycles. The molecule has 0 bridgehead atoms. The van der Waals surface area contributed by atoms with Crippen molar-refractivity contribution in [1.82, 2.24) is 0 Å². The minimum Gasteiger partial charge on any atom is -0.457 e. The first-order chi connectivity index (χ1) is 9.36. The van der Waals surface area contributed by atoms with Crippen LogP contribution in [0, 0.1) is 11.8 Å². The highest BCUT2D eigenvalue weighted by atomic mass is 79.9. The molecule has 5 nitrogen and oxygen atoms in total. The standard InChI is InChI=1S/C14H17BrO5/c1-7-8(2)13(17)20-12(7)9-5-11(16)14(18-3,19-4)6-10(9)15/h5-8,12H,1-4H3/t7-,8+,12-/m1/s1. The molecule has 1 saturated heterocycles. The van der Waals surface area contributed by atoms with E-state index >= 15 is 0 Å². The van der Waals surface area contributed by atoms with Crippen molar-refractivity contribution >= 4 is 27.7 Å². The molecule has 0 radical (unpaired) electrons. The summed E-state index contributed by atoms with van der Waals surface area (Å²) in [6.45, 7) is 3.75. The topological polar surface area (TPSA) is 61.8 Å². The summed E-state index contributed by atoms with van der Waals surface area (Å²) in [5.41, 5.74) is 0.643. The Hall–Kier alpha value is -0.980. The normalized spacial score (nSPS) is 32.8. The van der Waals surface area contributed by atoms with Gasteiger partial charge in [-0.1, -0.05) is 29.8 Å². The monoisotopic (exact) mass is 344 g/mol. The molecule has 110 valence electrons. The Morgan fingerprint density at radius 2 is 1.85 bits per heavy atom. The minimum absolute atomic E-state index is 0.0000831. The second-order valence-electron chi connectivity index (χ2n) is 5.04. The molecule has 20 heavy (non-hydrogen) atoms. The Kier molecular flexibility index (Phi) is 4.18. The van der Waals surface area contributed by atoms with Crippen LogP contribution in [0.3, 0.4) is 0 Å². The Morgan fingerprint density at radius 1 is 1.25 bits per heavy atom. The summed E-state index contributed by atoms with van der Waals surface area (Å²) in [6.07, 6.45) is 2.54. The molecule has 1 aliphatic heterocycles. The molecule has 0 N–H and O–H groups in total. The molecule has 0 amide bonds. The molecule has 2 aliphatic rings. The van der Waals surface area contributed by atoms with Crippen molar-refractivity contribution in [2.75, 3.05) is 14.2 Å². The van der Waals surface area contributed by atoms with Crippen molar-refractivity contribution in [3.8, 4) is 0 Å². The number of ketones is 1. The third-order valence-corrected chi connectivity index (χ3v) is 4.70. The van der Waals surface area contributed by atoms with E-state index in [0.29, 0.717) is 10.1 Å². The predicted molar refractivity (Wildman–Crippen MR) is 75.1 cm³/mol. The fourth-order valence-corrected chi connectivity index (χ4v) is 3.06. The molecule has 0 unspecified atom stereocenters. The Morgan fingerprint density at radius 3 is 2.30 bits per heavy atom. The van der Waals surface area contributed by atoms with Crippen LogP contribution in [0.5, 0.6) is 0 Å². The number of methoxy groups -OCH3 is 2. The zero-order chi connectivity index (χ0) is 15.1. The predicted octanol–water partition coefficient (Wildman–Crippen LogP) is 1.96. The number of halogens is 1. The first-order valence-electron chi connectivity index (χ1n) is 6.32. The van der Waals surface area contributed by atoms with Gasteiger partial charge in [0.05, 0.1) is 5.92 Å². The van der Waals surface area contributed by atoms with E-state index in [1.807, 2.05) is 13.8 Å². The van der Waals surface area contributed by atoms with Gasteiger partial charge in [0.25, 0.3) is 5.79 Å². The number of hydrogen-bond acceptors (Lipinski definition) is 5. The second kappa shape index (κ2) is 5.42. The van der Waals surface area contributed by atoms with Crippen LogP contribution in [0.4, 0.5) is 0 Å². The van der Waals surface area contributed by atoms with Crippen LogP contribution in [0.1, 0.15) is 13.8 Å². The lowest BCUT2D eigenvalue weighted by molar-refractivity contribution is -0.181. The summed E-state index contributed by atoms with van der Waals surface area (Å²) in [4.78, 5) is 23.9. The molecule has 0 spiro atoms. The van der Waals surface area contributed by atoms with E-state index < -0.39 is 11.9 Å². The molecule has 0 aromatic carbocycles. The summed E-state index contributed by atoms with van der Waals surface area (Å²) in [6, 6.07) is 0. The van der Waals surface area contributed by atoms with Gasteiger partial charge in [-0.2, -0.15) is 0 Å². The zero-order valence-corrected chi connectivity index (χ0v) is 13.4. The molecular formula is C14H17BrO5. The summed E-state index contributed by atoms with van der Waals surface area (Å²) in [5.74, 6) is -2.18. The molecular weight excluding hydrogens is 328 g/mol. The van der Waals surface area contributed by atoms with Crippen molar-refractivity contribution in [1.29, 1.82) is 0 Å². The van der Waals surface area contributed by atoms with Gasteiger partial charge in [0, 0.05) is 30.2 Å². The maximum Gasteiger partial charge on any atom is 0.309 e. The SMILES string of the molecule is COC1(OC)C=C(Br)C([C@@H]2OC(=O)[C@@H](C)[C@H]2C)=CC1=O. The maximum absolute atomic E-state index is 12.2. The molecule has 1 aliphatic carbocycles. The summed E-state index contributed by atoms with van der Waals surface area (Å²) in [5, 5.41) is 0. The van der Waals surface area contributed by atoms with Crippen LogP contribution in [0.25, 0.3) is 0 Å². The fraction of sp³-hybridized carbons (Fsp3) is 0.571. The van der Waals surface area contributed by atoms with Crippen molar-refractivity contribution in [2.24, 2.45) is 11.8 Å². The van der Waals surface area contributed by atoms with Crippen molar-refractivity contribution < 1.29 is 23.8 Å². The summed E-state index contributed by atoms with van der Waals surface area (Å²) < 4.78 is 16.3. The quantitative estimate of drug-likeness (QED) is 0.578. The number of carbonyl (C=O) groups is 2. The number of hydrogen-bond donors (Lipinski definition) is 0. The zero-order valence-electron chi connectivity index (χ0n) is 11.8. The Bertz CT molecular complexity index is 504. The van der Waals surface area contributed by atoms with Crippen LogP contribution in [-0.2, 0) is 23.8 Å². The number of carbonyl (C=O) groups excluding carboxylic acids is 2. The highest BCUT2D eigenvalue weighted by Gasteiger charge is 2.46. The van der Waals surface area contributed by atoms with E-state index in [1.54, 1.807) is 6.08 Å². The van der Waals surface area contributed by atoms with Crippen LogP contribution in [0.15, 0.2) is 22.2 Å². The third kappa shape index (κ3) is 2.25. The van der Waals surface area contributed by atoms with E-state index in [1.165, 1.54) is 20.3 Å². The first-order valence-corrected chi connectivity index (χ1v) is 7.11. The third-order valence-electron chi connectivity index (χ3n) is 4.02. The molecule has 1 fully saturated rings. The molecule has 2 rings (SSSR count). The summed E-state index contributed by atoms with van der Waals surface area (Å²) in [7, 11) is 2.80.